The standard InChI is InChI=1S/C26H33FN2O5S/c1-5-7-13-26(6-2)17-29(19-11-9-8-10-12-19)22-14-21(28(3)4)23(34-16-20(27)25(30)31)15-24(22)35(32,33)18-26/h8-12,14-16H,5-7,13,17-18H2,1-4H3,(H,30,31). The summed E-state index contributed by atoms with van der Waals surface area (Å²) < 4.78 is 46.6. The van der Waals surface area contributed by atoms with Gasteiger partial charge in [-0.3, -0.25) is 0 Å². The average molecular weight is 505 g/mol. The van der Waals surface area contributed by atoms with Crippen molar-refractivity contribution in [3.05, 3.63) is 54.6 Å². The van der Waals surface area contributed by atoms with Gasteiger partial charge in [-0.2, -0.15) is 4.39 Å². The van der Waals surface area contributed by atoms with E-state index in [1.54, 1.807) is 25.1 Å². The lowest BCUT2D eigenvalue weighted by Gasteiger charge is -2.36. The van der Waals surface area contributed by atoms with Crippen molar-refractivity contribution in [2.45, 2.75) is 44.4 Å². The van der Waals surface area contributed by atoms with Crippen molar-refractivity contribution in [1.29, 1.82) is 0 Å². The number of halogens is 1. The van der Waals surface area contributed by atoms with Gasteiger partial charge in [-0.25, -0.2) is 13.2 Å². The van der Waals surface area contributed by atoms with Crippen LogP contribution < -0.4 is 14.5 Å². The molecule has 35 heavy (non-hydrogen) atoms. The van der Waals surface area contributed by atoms with Crippen LogP contribution in [-0.4, -0.2) is 45.9 Å². The molecule has 0 fully saturated rings. The zero-order valence-corrected chi connectivity index (χ0v) is 21.4. The number of unbranched alkanes of at least 4 members (excludes halogenated alkanes) is 1. The van der Waals surface area contributed by atoms with E-state index in [0.29, 0.717) is 30.6 Å². The number of anilines is 3. The summed E-state index contributed by atoms with van der Waals surface area (Å²) >= 11 is 0. The molecule has 0 aliphatic carbocycles. The molecule has 1 aliphatic rings. The molecule has 1 aliphatic heterocycles. The molecule has 190 valence electrons. The Morgan fingerprint density at radius 3 is 2.49 bits per heavy atom. The van der Waals surface area contributed by atoms with E-state index in [1.165, 1.54) is 6.07 Å². The van der Waals surface area contributed by atoms with Gasteiger partial charge in [0.1, 0.15) is 6.26 Å². The van der Waals surface area contributed by atoms with E-state index in [2.05, 4.69) is 6.92 Å². The predicted octanol–water partition coefficient (Wildman–Crippen LogP) is 5.54. The van der Waals surface area contributed by atoms with Crippen LogP contribution >= 0.6 is 0 Å². The van der Waals surface area contributed by atoms with Crippen LogP contribution in [0.4, 0.5) is 21.5 Å². The van der Waals surface area contributed by atoms with Crippen molar-refractivity contribution in [3.63, 3.8) is 0 Å². The first kappa shape index (κ1) is 26.5. The van der Waals surface area contributed by atoms with Gasteiger partial charge in [0.15, 0.2) is 15.6 Å². The molecule has 0 aromatic heterocycles. The molecule has 0 saturated carbocycles. The molecular weight excluding hydrogens is 471 g/mol. The van der Waals surface area contributed by atoms with E-state index in [4.69, 9.17) is 9.84 Å². The lowest BCUT2D eigenvalue weighted by molar-refractivity contribution is -0.134. The number of sulfone groups is 1. The first-order valence-electron chi connectivity index (χ1n) is 11.7. The number of rotatable bonds is 9. The molecule has 2 aromatic rings. The molecule has 1 heterocycles. The minimum absolute atomic E-state index is 0.0209. The van der Waals surface area contributed by atoms with Crippen molar-refractivity contribution in [3.8, 4) is 5.75 Å². The number of hydrogen-bond donors (Lipinski definition) is 1. The number of aliphatic carboxylic acids is 1. The maximum absolute atomic E-state index is 13.8. The van der Waals surface area contributed by atoms with Gasteiger partial charge in [-0.1, -0.05) is 44.9 Å². The lowest BCUT2D eigenvalue weighted by Crippen LogP contribution is -2.37. The number of nitrogens with zero attached hydrogens (tertiary/aromatic N) is 2. The SMILES string of the molecule is CCCCC1(CC)CN(c2ccccc2)c2cc(N(C)C)c(OC=C(F)C(=O)O)cc2S(=O)(=O)C1. The lowest BCUT2D eigenvalue weighted by atomic mass is 9.81. The van der Waals surface area contributed by atoms with Gasteiger partial charge in [-0.15, -0.1) is 0 Å². The van der Waals surface area contributed by atoms with Gasteiger partial charge in [0, 0.05) is 37.8 Å². The Bertz CT molecular complexity index is 1200. The van der Waals surface area contributed by atoms with Crippen LogP contribution in [0.3, 0.4) is 0 Å². The molecule has 9 heteroatoms. The van der Waals surface area contributed by atoms with Crippen LogP contribution in [0.1, 0.15) is 39.5 Å². The molecule has 3 rings (SSSR count). The first-order valence-corrected chi connectivity index (χ1v) is 13.3. The number of carboxylic acid groups (broad SMARTS) is 1. The largest absolute Gasteiger partial charge is 0.476 e. The number of benzene rings is 2. The third kappa shape index (κ3) is 5.78. The van der Waals surface area contributed by atoms with E-state index >= 15 is 0 Å². The van der Waals surface area contributed by atoms with Crippen LogP contribution in [0.25, 0.3) is 0 Å². The smallest absolute Gasteiger partial charge is 0.368 e. The minimum Gasteiger partial charge on any atom is -0.476 e. The number of fused-ring (bicyclic) bond motifs is 1. The second-order valence-corrected chi connectivity index (χ2v) is 11.2. The van der Waals surface area contributed by atoms with E-state index in [1.807, 2.05) is 42.2 Å². The monoisotopic (exact) mass is 504 g/mol. The maximum Gasteiger partial charge on any atom is 0.368 e. The number of carbonyl (C=O) groups is 1. The topological polar surface area (TPSA) is 87.2 Å². The Balaban J connectivity index is 2.27. The van der Waals surface area contributed by atoms with Gasteiger partial charge < -0.3 is 19.6 Å². The molecule has 0 radical (unpaired) electrons. The van der Waals surface area contributed by atoms with Gasteiger partial charge in [0.2, 0.25) is 5.83 Å². The molecule has 0 bridgehead atoms. The normalized spacial score (nSPS) is 19.6. The molecule has 7 nitrogen and oxygen atoms in total. The second kappa shape index (κ2) is 10.7. The Morgan fingerprint density at radius 1 is 1.23 bits per heavy atom. The summed E-state index contributed by atoms with van der Waals surface area (Å²) in [6.07, 6.45) is 3.82. The number of carboxylic acids is 1. The van der Waals surface area contributed by atoms with Gasteiger partial charge in [0.25, 0.3) is 0 Å². The first-order chi connectivity index (χ1) is 16.5. The van der Waals surface area contributed by atoms with Crippen LogP contribution in [0.2, 0.25) is 0 Å². The summed E-state index contributed by atoms with van der Waals surface area (Å²) in [7, 11) is -0.257. The number of para-hydroxylation sites is 1. The fourth-order valence-corrected chi connectivity index (χ4v) is 6.66. The molecule has 0 saturated heterocycles. The fraction of sp³-hybridized carbons (Fsp3) is 0.423. The minimum atomic E-state index is -3.76. The van der Waals surface area contributed by atoms with E-state index < -0.39 is 27.0 Å². The van der Waals surface area contributed by atoms with Gasteiger partial charge >= 0.3 is 5.97 Å². The van der Waals surface area contributed by atoms with Crippen molar-refractivity contribution in [2.24, 2.45) is 5.41 Å². The molecule has 1 unspecified atom stereocenters. The third-order valence-corrected chi connectivity index (χ3v) is 8.50. The summed E-state index contributed by atoms with van der Waals surface area (Å²) in [6.45, 7) is 4.65. The highest BCUT2D eigenvalue weighted by Crippen LogP contribution is 2.47. The molecule has 1 atom stereocenters. The fourth-order valence-electron chi connectivity index (χ4n) is 4.49. The van der Waals surface area contributed by atoms with Crippen LogP contribution in [0, 0.1) is 5.41 Å². The average Bonchev–Trinajstić information content (AvgIpc) is 2.93. The Kier molecular flexibility index (Phi) is 8.10. The molecule has 0 amide bonds. The predicted molar refractivity (Wildman–Crippen MR) is 136 cm³/mol. The highest BCUT2D eigenvalue weighted by atomic mass is 32.2. The number of hydrogen-bond acceptors (Lipinski definition) is 6. The second-order valence-electron chi connectivity index (χ2n) is 9.21. The van der Waals surface area contributed by atoms with Crippen LogP contribution in [0.5, 0.6) is 5.75 Å². The maximum atomic E-state index is 13.8. The summed E-state index contributed by atoms with van der Waals surface area (Å²) in [4.78, 5) is 14.7. The van der Waals surface area contributed by atoms with Crippen LogP contribution in [-0.2, 0) is 14.6 Å². The van der Waals surface area contributed by atoms with Gasteiger partial charge in [0.05, 0.1) is 22.0 Å². The van der Waals surface area contributed by atoms with E-state index in [0.717, 1.165) is 24.9 Å². The van der Waals surface area contributed by atoms with E-state index in [9.17, 15) is 17.6 Å². The van der Waals surface area contributed by atoms with Crippen molar-refractivity contribution < 1.29 is 27.4 Å². The summed E-state index contributed by atoms with van der Waals surface area (Å²) in [5.74, 6) is -3.22. The summed E-state index contributed by atoms with van der Waals surface area (Å²) in [6, 6.07) is 12.7. The van der Waals surface area contributed by atoms with Crippen LogP contribution in [0.15, 0.2) is 59.4 Å². The quantitative estimate of drug-likeness (QED) is 0.354. The summed E-state index contributed by atoms with van der Waals surface area (Å²) in [5, 5.41) is 8.83. The van der Waals surface area contributed by atoms with Crippen molar-refractivity contribution in [2.75, 3.05) is 36.2 Å². The zero-order valence-electron chi connectivity index (χ0n) is 20.6. The molecule has 1 N–H and O–H groups in total. The van der Waals surface area contributed by atoms with Gasteiger partial charge in [-0.05, 0) is 31.0 Å². The number of ether oxygens (including phenoxy) is 1. The van der Waals surface area contributed by atoms with Crippen molar-refractivity contribution >= 4 is 32.9 Å². The Morgan fingerprint density at radius 2 is 1.91 bits per heavy atom. The Labute approximate surface area is 206 Å². The van der Waals surface area contributed by atoms with E-state index in [-0.39, 0.29) is 16.4 Å². The van der Waals surface area contributed by atoms with Crippen molar-refractivity contribution in [1.82, 2.24) is 0 Å². The molecule has 2 aromatic carbocycles. The Hall–Kier alpha value is -3.07. The summed E-state index contributed by atoms with van der Waals surface area (Å²) in [5.41, 5.74) is 1.42. The zero-order chi connectivity index (χ0) is 25.8. The third-order valence-electron chi connectivity index (χ3n) is 6.51. The molecule has 0 spiro atoms. The highest BCUT2D eigenvalue weighted by Gasteiger charge is 2.42. The highest BCUT2D eigenvalue weighted by molar-refractivity contribution is 7.91. The molecular formula is C26H33FN2O5S.